The fourth-order valence-electron chi connectivity index (χ4n) is 3.99. The molecule has 2 aliphatic heterocycles. The summed E-state index contributed by atoms with van der Waals surface area (Å²) in [6.07, 6.45) is 4.13. The number of pyridine rings is 1. The topological polar surface area (TPSA) is 63.5 Å². The van der Waals surface area contributed by atoms with Gasteiger partial charge in [-0.3, -0.25) is 0 Å². The molecule has 1 spiro atoms. The number of carbonyl (C=O) groups is 1. The van der Waals surface area contributed by atoms with E-state index in [0.29, 0.717) is 11.5 Å². The largest absolute Gasteiger partial charge is 0.444 e. The van der Waals surface area contributed by atoms with Crippen molar-refractivity contribution in [2.24, 2.45) is 5.41 Å². The highest BCUT2D eigenvalue weighted by molar-refractivity contribution is 14.2. The van der Waals surface area contributed by atoms with Gasteiger partial charge in [0.25, 0.3) is 0 Å². The van der Waals surface area contributed by atoms with Crippen molar-refractivity contribution in [1.82, 2.24) is 19.4 Å². The molecule has 0 aromatic carbocycles. The lowest BCUT2D eigenvalue weighted by atomic mass is 9.72. The Morgan fingerprint density at radius 3 is 2.61 bits per heavy atom. The number of fused-ring (bicyclic) bond motifs is 1. The first-order valence-corrected chi connectivity index (χ1v) is 13.8. The van der Waals surface area contributed by atoms with Crippen LogP contribution in [0.5, 0.6) is 0 Å². The van der Waals surface area contributed by atoms with Gasteiger partial charge in [0, 0.05) is 43.9 Å². The molecule has 7 nitrogen and oxygen atoms in total. The number of hydrogen-bond donors (Lipinski definition) is 0. The van der Waals surface area contributed by atoms with Gasteiger partial charge < -0.3 is 14.5 Å². The van der Waals surface area contributed by atoms with Gasteiger partial charge in [-0.15, -0.1) is 5.10 Å². The van der Waals surface area contributed by atoms with Crippen molar-refractivity contribution >= 4 is 62.8 Å². The van der Waals surface area contributed by atoms with E-state index in [9.17, 15) is 4.79 Å². The molecule has 2 saturated heterocycles. The lowest BCUT2D eigenvalue weighted by molar-refractivity contribution is 0.00592. The van der Waals surface area contributed by atoms with Crippen LogP contribution in [0, 0.1) is 5.41 Å². The van der Waals surface area contributed by atoms with Crippen LogP contribution in [-0.2, 0) is 4.74 Å². The molecule has 4 rings (SSSR count). The Hall–Kier alpha value is -0.860. The Kier molecular flexibility index (Phi) is 5.42. The van der Waals surface area contributed by atoms with Crippen LogP contribution in [0.15, 0.2) is 12.3 Å². The molecule has 2 aromatic rings. The lowest BCUT2D eigenvalue weighted by Gasteiger charge is -2.54. The molecule has 1 atom stereocenters. The zero-order chi connectivity index (χ0) is 20.1. The van der Waals surface area contributed by atoms with Gasteiger partial charge in [-0.25, -0.2) is 14.2 Å². The number of aromatic nitrogens is 3. The average molecular weight is 536 g/mol. The Morgan fingerprint density at radius 2 is 2.00 bits per heavy atom. The van der Waals surface area contributed by atoms with Crippen molar-refractivity contribution in [3.63, 3.8) is 0 Å². The second kappa shape index (κ2) is 7.43. The molecule has 28 heavy (non-hydrogen) atoms. The molecule has 2 aliphatic rings. The Labute approximate surface area is 184 Å². The summed E-state index contributed by atoms with van der Waals surface area (Å²) < 4.78 is 7.50. The molecule has 10 heteroatoms. The van der Waals surface area contributed by atoms with Crippen LogP contribution in [0.1, 0.15) is 33.6 Å². The molecular formula is C18H24ClIN5O2P. The number of carbonyl (C=O) groups excluding carboxylic acids is 1. The van der Waals surface area contributed by atoms with E-state index < -0.39 is 5.60 Å². The van der Waals surface area contributed by atoms with Crippen LogP contribution in [0.25, 0.3) is 10.9 Å². The summed E-state index contributed by atoms with van der Waals surface area (Å²) in [5.41, 5.74) is 0.847. The van der Waals surface area contributed by atoms with Gasteiger partial charge in [0.05, 0.1) is 17.3 Å². The van der Waals surface area contributed by atoms with E-state index in [1.54, 1.807) is 0 Å². The van der Waals surface area contributed by atoms with Crippen LogP contribution < -0.4 is 4.90 Å². The Balaban J connectivity index is 1.42. The first-order valence-electron chi connectivity index (χ1n) is 9.34. The van der Waals surface area contributed by atoms with Gasteiger partial charge in [0.1, 0.15) is 10.8 Å². The fraction of sp³-hybridized carbons (Fsp3) is 0.611. The second-order valence-electron chi connectivity index (χ2n) is 8.67. The van der Waals surface area contributed by atoms with E-state index in [4.69, 9.17) is 21.4 Å². The van der Waals surface area contributed by atoms with Crippen molar-refractivity contribution in [2.45, 2.75) is 39.2 Å². The van der Waals surface area contributed by atoms with E-state index in [1.165, 1.54) is 0 Å². The van der Waals surface area contributed by atoms with Crippen molar-refractivity contribution in [2.75, 3.05) is 31.1 Å². The van der Waals surface area contributed by atoms with Crippen LogP contribution >= 0.6 is 40.0 Å². The maximum Gasteiger partial charge on any atom is 0.410 e. The molecule has 2 fully saturated rings. The zero-order valence-corrected chi connectivity index (χ0v) is 20.1. The number of rotatable bonds is 2. The summed E-state index contributed by atoms with van der Waals surface area (Å²) in [6, 6.07) is 1.88. The van der Waals surface area contributed by atoms with E-state index >= 15 is 0 Å². The third-order valence-corrected chi connectivity index (χ3v) is 7.50. The smallest absolute Gasteiger partial charge is 0.410 e. The molecule has 0 radical (unpaired) electrons. The quantitative estimate of drug-likeness (QED) is 0.317. The van der Waals surface area contributed by atoms with E-state index in [0.717, 1.165) is 55.7 Å². The second-order valence-corrected chi connectivity index (χ2v) is 11.1. The third kappa shape index (κ3) is 3.92. The molecule has 4 heterocycles. The third-order valence-electron chi connectivity index (χ3n) is 5.42. The highest BCUT2D eigenvalue weighted by Crippen LogP contribution is 2.45. The van der Waals surface area contributed by atoms with Crippen LogP contribution in [0.2, 0.25) is 5.15 Å². The summed E-state index contributed by atoms with van der Waals surface area (Å²) in [7, 11) is 0. The Bertz CT molecular complexity index is 899. The SMILES string of the molecule is CC(C)(C)OC(=O)N1CCC2(CC1)CN(c1nn(PI)c3cc(Cl)ncc13)C2. The lowest BCUT2D eigenvalue weighted by Crippen LogP contribution is -2.61. The van der Waals surface area contributed by atoms with Gasteiger partial charge in [0.2, 0.25) is 0 Å². The van der Waals surface area contributed by atoms with Crippen LogP contribution in [0.3, 0.4) is 0 Å². The predicted octanol–water partition coefficient (Wildman–Crippen LogP) is 4.71. The summed E-state index contributed by atoms with van der Waals surface area (Å²) in [5, 5.41) is 6.34. The van der Waals surface area contributed by atoms with Gasteiger partial charge >= 0.3 is 6.09 Å². The molecule has 0 aliphatic carbocycles. The first-order chi connectivity index (χ1) is 13.2. The van der Waals surface area contributed by atoms with E-state index in [2.05, 4.69) is 31.9 Å². The summed E-state index contributed by atoms with van der Waals surface area (Å²) in [4.78, 5) is 20.7. The molecule has 1 unspecified atom stereocenters. The van der Waals surface area contributed by atoms with E-state index in [1.807, 2.05) is 42.4 Å². The maximum atomic E-state index is 12.3. The molecule has 0 N–H and O–H groups in total. The minimum absolute atomic E-state index is 0.200. The van der Waals surface area contributed by atoms with Gasteiger partial charge in [-0.2, -0.15) is 0 Å². The highest BCUT2D eigenvalue weighted by atomic mass is 127. The maximum absolute atomic E-state index is 12.3. The molecule has 0 bridgehead atoms. The number of piperidine rings is 1. The standard InChI is InChI=1S/C18H24ClIN5O2P/c1-17(2,3)27-16(26)23-6-4-18(5-7-23)10-24(11-18)15-12-9-21-14(19)8-13(12)25(22-15)28-20/h8-9,28H,4-7,10-11H2,1-3H3. The van der Waals surface area contributed by atoms with Crippen molar-refractivity contribution in [3.8, 4) is 0 Å². The number of amides is 1. The zero-order valence-electron chi connectivity index (χ0n) is 16.2. The highest BCUT2D eigenvalue weighted by Gasteiger charge is 2.47. The minimum atomic E-state index is -0.449. The molecular weight excluding hydrogens is 512 g/mol. The summed E-state index contributed by atoms with van der Waals surface area (Å²) >= 11 is 8.40. The number of ether oxygens (including phenoxy) is 1. The normalized spacial score (nSPS) is 19.6. The first kappa shape index (κ1) is 20.4. The number of nitrogens with zero attached hydrogens (tertiary/aromatic N) is 5. The molecule has 0 saturated carbocycles. The fourth-order valence-corrected chi connectivity index (χ4v) is 5.65. The van der Waals surface area contributed by atoms with Crippen LogP contribution in [0.4, 0.5) is 10.6 Å². The van der Waals surface area contributed by atoms with Gasteiger partial charge in [-0.05, 0) is 55.7 Å². The van der Waals surface area contributed by atoms with Crippen molar-refractivity contribution in [1.29, 1.82) is 0 Å². The van der Waals surface area contributed by atoms with Gasteiger partial charge in [-0.1, -0.05) is 11.6 Å². The molecule has 1 amide bonds. The van der Waals surface area contributed by atoms with Crippen LogP contribution in [-0.4, -0.2) is 57.3 Å². The minimum Gasteiger partial charge on any atom is -0.444 e. The van der Waals surface area contributed by atoms with Gasteiger partial charge in [0.15, 0.2) is 5.82 Å². The number of likely N-dealkylation sites (tertiary alicyclic amines) is 1. The van der Waals surface area contributed by atoms with E-state index in [-0.39, 0.29) is 11.5 Å². The molecule has 152 valence electrons. The monoisotopic (exact) mass is 535 g/mol. The van der Waals surface area contributed by atoms with Crippen molar-refractivity contribution < 1.29 is 9.53 Å². The Morgan fingerprint density at radius 1 is 1.32 bits per heavy atom. The van der Waals surface area contributed by atoms with Crippen molar-refractivity contribution in [3.05, 3.63) is 17.4 Å². The number of anilines is 1. The molecule has 2 aromatic heterocycles. The number of halogens is 2. The summed E-state index contributed by atoms with van der Waals surface area (Å²) in [6.45, 7) is 9.16. The predicted molar refractivity (Wildman–Crippen MR) is 122 cm³/mol. The average Bonchev–Trinajstić information content (AvgIpc) is 2.95. The summed E-state index contributed by atoms with van der Waals surface area (Å²) in [5.74, 6) is 0.989. The number of hydrogen-bond acceptors (Lipinski definition) is 5.